The number of aliphatic hydroxyl groups is 4. The lowest BCUT2D eigenvalue weighted by Gasteiger charge is -2.14. The molecule has 0 heterocycles. The zero-order valence-electron chi connectivity index (χ0n) is 73.9. The number of hydrogen-bond acceptors (Lipinski definition) is 13. The number of unbranched alkanes of at least 4 members (excludes halogenated alkanes) is 4. The van der Waals surface area contributed by atoms with Crippen molar-refractivity contribution < 1.29 is 111 Å². The molecule has 16 nitrogen and oxygen atoms in total. The Morgan fingerprint density at radius 2 is 1.03 bits per heavy atom. The molecule has 2 atom stereocenters. The Kier molecular flexibility index (Phi) is 19.4. The molecule has 0 saturated heterocycles. The number of rotatable bonds is 34. The Morgan fingerprint density at radius 1 is 0.557 bits per heavy atom. The number of hydrogen-bond donors (Lipinski definition) is 11. The van der Waals surface area contributed by atoms with Gasteiger partial charge in [0.25, 0.3) is 0 Å². The summed E-state index contributed by atoms with van der Waals surface area (Å²) in [5, 5.41) is 104. The minimum Gasteiger partial charge on any atom is -0.871 e. The number of benzene rings is 8. The van der Waals surface area contributed by atoms with Gasteiger partial charge in [-0.15, -0.1) is 0 Å². The Balaban J connectivity index is 0.000000303. The number of ether oxygens (including phenoxy) is 2. The number of aromatic carboxylic acids is 2. The van der Waals surface area contributed by atoms with Crippen molar-refractivity contribution in [2.75, 3.05) is 52.4 Å². The van der Waals surface area contributed by atoms with Crippen molar-refractivity contribution in [2.24, 2.45) is 0 Å². The van der Waals surface area contributed by atoms with Crippen molar-refractivity contribution in [1.29, 1.82) is 0 Å². The maximum Gasteiger partial charge on any atom is 0.339 e. The standard InChI is InChI=1S/2C25H37NO4.2C11H8O3/c2*27-20-23-18-22(13-14-24(23)28)25(29)19-26-15-7-1-2-8-16-30-17-9-6-12-21-10-4-3-5-11-21;2*12-10-8-4-2-1-3-7(8)5-6-9(10)11(13)14/h2*3-5,10-11,13-14,18,25-29H,1-2,6-9,12,15-17,19-20H2;2*1-6,12H,(H,13,14)/i2*3D,6D2,9D2,10D,11D,12D2,15D2,17D2;;. The molecule has 8 aromatic carbocycles. The number of aromatic hydroxyl groups is 3. The number of nitrogens with one attached hydrogen (secondary N) is 1. The molecule has 472 valence electrons. The average Bonchev–Trinajstić information content (AvgIpc) is 0.725. The molecule has 0 aliphatic rings. The van der Waals surface area contributed by atoms with Crippen LogP contribution in [0, 0.1) is 0 Å². The molecule has 2 unspecified atom stereocenters. The van der Waals surface area contributed by atoms with Crippen LogP contribution < -0.4 is 15.7 Å². The number of carbonyl (C=O) groups is 2. The lowest BCUT2D eigenvalue weighted by Crippen LogP contribution is -2.85. The number of phenols is 3. The Labute approximate surface area is 553 Å². The molecule has 8 rings (SSSR count). The van der Waals surface area contributed by atoms with Crippen LogP contribution in [-0.4, -0.2) is 110 Å². The van der Waals surface area contributed by atoms with E-state index >= 15 is 0 Å². The fraction of sp³-hybridized carbons (Fsp3) is 0.361. The SMILES string of the molecule is O=C(O)c1ccc2ccccc2c1O.O=C(O)c1ccc2ccccc2c1[O-].[2H]c1cc([2H])c(C([2H])([2H])C([2H])([2H])C([2H])([2H])C([2H])([2H])OCCCCCC([2H])([2H])NCC(O)c2ccc(O)c(CO)c2)c([2H])c1.[2H]c1cc([2H])c(C([2H])([2H])C([2H])([2H])C([2H])([2H])C([2H])([2H])OCCCCCC([2H])([2H])[NH2+]CC(O)c2ccc(O)c(CO)c2)c([2H])c1. The van der Waals surface area contributed by atoms with E-state index in [9.17, 15) is 50.4 Å². The summed E-state index contributed by atoms with van der Waals surface area (Å²) < 4.78 is 220. The topological polar surface area (TPSA) is 286 Å². The fourth-order valence-electron chi connectivity index (χ4n) is 7.85. The van der Waals surface area contributed by atoms with Crippen molar-refractivity contribution in [3.8, 4) is 23.0 Å². The van der Waals surface area contributed by atoms with Gasteiger partial charge in [-0.3, -0.25) is 0 Å². The van der Waals surface area contributed by atoms with Crippen LogP contribution in [0.5, 0.6) is 23.0 Å². The van der Waals surface area contributed by atoms with Gasteiger partial charge in [0.2, 0.25) is 0 Å². The first kappa shape index (κ1) is 41.3. The lowest BCUT2D eigenvalue weighted by molar-refractivity contribution is -0.662. The van der Waals surface area contributed by atoms with Gasteiger partial charge < -0.3 is 71.2 Å². The molecule has 0 amide bonds. The monoisotopic (exact) mass is 1230 g/mol. The number of carboxylic acids is 2. The molecule has 0 aromatic heterocycles. The summed E-state index contributed by atoms with van der Waals surface area (Å²) in [4.78, 5) is 21.4. The molecular weight excluding hydrogens is 1120 g/mol. The van der Waals surface area contributed by atoms with E-state index in [0.717, 1.165) is 35.0 Å². The number of aliphatic hydroxyl groups excluding tert-OH is 4. The van der Waals surface area contributed by atoms with Gasteiger partial charge >= 0.3 is 11.9 Å². The molecule has 0 fully saturated rings. The summed E-state index contributed by atoms with van der Waals surface area (Å²) in [5.41, 5.74) is -0.641. The third-order valence-electron chi connectivity index (χ3n) is 12.5. The lowest BCUT2D eigenvalue weighted by atomic mass is 10.1. The highest BCUT2D eigenvalue weighted by Crippen LogP contribution is 2.29. The van der Waals surface area contributed by atoms with Gasteiger partial charge in [0.15, 0.2) is 0 Å². The molecule has 0 spiro atoms. The van der Waals surface area contributed by atoms with Crippen molar-refractivity contribution in [1.82, 2.24) is 5.32 Å². The summed E-state index contributed by atoms with van der Waals surface area (Å²) in [5.74, 6) is -3.14. The molecule has 16 heteroatoms. The highest BCUT2D eigenvalue weighted by Gasteiger charge is 2.14. The quantitative estimate of drug-likeness (QED) is 0.0167. The summed E-state index contributed by atoms with van der Waals surface area (Å²) in [7, 11) is 0. The predicted molar refractivity (Wildman–Crippen MR) is 343 cm³/mol. The number of carboxylic acid groups (broad SMARTS) is 2. The summed E-state index contributed by atoms with van der Waals surface area (Å²) in [6, 6.07) is 28.7. The van der Waals surface area contributed by atoms with E-state index in [2.05, 4.69) is 5.32 Å². The minimum atomic E-state index is -3.62. The minimum absolute atomic E-state index is 0.00428. The maximum absolute atomic E-state index is 11.6. The highest BCUT2D eigenvalue weighted by molar-refractivity contribution is 6.01. The van der Waals surface area contributed by atoms with Crippen molar-refractivity contribution in [3.05, 3.63) is 214 Å². The Morgan fingerprint density at radius 3 is 1.57 bits per heavy atom. The molecule has 8 aromatic rings. The van der Waals surface area contributed by atoms with Gasteiger partial charge in [0.1, 0.15) is 35.5 Å². The van der Waals surface area contributed by atoms with Crippen molar-refractivity contribution in [2.45, 2.75) is 115 Å². The third-order valence-corrected chi connectivity index (χ3v) is 12.5. The van der Waals surface area contributed by atoms with Crippen LogP contribution in [0.3, 0.4) is 0 Å². The second-order valence-electron chi connectivity index (χ2n) is 18.8. The van der Waals surface area contributed by atoms with Crippen LogP contribution in [0.25, 0.3) is 21.5 Å². The fourth-order valence-corrected chi connectivity index (χ4v) is 7.85. The second-order valence-corrected chi connectivity index (χ2v) is 18.8. The largest absolute Gasteiger partial charge is 0.871 e. The van der Waals surface area contributed by atoms with Crippen LogP contribution in [0.2, 0.25) is 0 Å². The maximum atomic E-state index is 11.6. The summed E-state index contributed by atoms with van der Waals surface area (Å²) in [6.45, 7) is -12.1. The molecule has 0 radical (unpaired) electrons. The number of quaternary nitrogens is 1. The van der Waals surface area contributed by atoms with Crippen LogP contribution in [0.1, 0.15) is 179 Å². The van der Waals surface area contributed by atoms with E-state index < -0.39 is 149 Å². The molecule has 0 aliphatic carbocycles. The third kappa shape index (κ3) is 25.8. The first-order valence-electron chi connectivity index (χ1n) is 40.7. The zero-order chi connectivity index (χ0) is 86.3. The van der Waals surface area contributed by atoms with Crippen LogP contribution in [0.4, 0.5) is 0 Å². The second kappa shape index (κ2) is 41.3. The van der Waals surface area contributed by atoms with Gasteiger partial charge in [0, 0.05) is 68.6 Å². The van der Waals surface area contributed by atoms with Crippen LogP contribution in [0.15, 0.2) is 170 Å². The van der Waals surface area contributed by atoms with E-state index in [1.54, 1.807) is 42.5 Å². The van der Waals surface area contributed by atoms with Crippen LogP contribution in [-0.2, 0) is 35.4 Å². The first-order chi connectivity index (χ1) is 52.6. The van der Waals surface area contributed by atoms with Gasteiger partial charge in [-0.1, -0.05) is 158 Å². The highest BCUT2D eigenvalue weighted by atomic mass is 16.5. The van der Waals surface area contributed by atoms with E-state index in [1.807, 2.05) is 18.2 Å². The van der Waals surface area contributed by atoms with E-state index in [1.165, 1.54) is 53.8 Å². The Hall–Kier alpha value is -7.90. The van der Waals surface area contributed by atoms with Crippen molar-refractivity contribution in [3.63, 3.8) is 0 Å². The van der Waals surface area contributed by atoms with Gasteiger partial charge in [-0.05, 0) is 152 Å². The van der Waals surface area contributed by atoms with E-state index in [-0.39, 0.29) is 103 Å². The molecule has 0 aliphatic heterocycles. The number of nitrogens with two attached hydrogens (primary N) is 1. The van der Waals surface area contributed by atoms with Gasteiger partial charge in [-0.25, -0.2) is 9.59 Å². The van der Waals surface area contributed by atoms with Crippen molar-refractivity contribution >= 4 is 33.5 Å². The average molecular weight is 1230 g/mol. The normalized spacial score (nSPS) is 17.5. The van der Waals surface area contributed by atoms with Gasteiger partial charge in [0.05, 0.1) is 47.8 Å². The molecule has 0 saturated carbocycles. The van der Waals surface area contributed by atoms with E-state index in [4.69, 9.17) is 55.3 Å². The molecular formula is C72H90N2O14. The molecule has 0 bridgehead atoms. The smallest absolute Gasteiger partial charge is 0.339 e. The van der Waals surface area contributed by atoms with E-state index in [0.29, 0.717) is 41.2 Å². The predicted octanol–water partition coefficient (Wildman–Crippen LogP) is 11.0. The number of fused-ring (bicyclic) bond motifs is 2. The van der Waals surface area contributed by atoms with Gasteiger partial charge in [-0.2, -0.15) is 0 Å². The first-order valence-corrected chi connectivity index (χ1v) is 27.7. The van der Waals surface area contributed by atoms with Crippen LogP contribution >= 0.6 is 0 Å². The Bertz CT molecular complexity index is 4270. The molecule has 88 heavy (non-hydrogen) atoms. The zero-order valence-corrected chi connectivity index (χ0v) is 47.9. The molecule has 12 N–H and O–H groups in total. The summed E-state index contributed by atoms with van der Waals surface area (Å²) in [6.07, 6.45) is -21.7. The summed E-state index contributed by atoms with van der Waals surface area (Å²) >= 11 is 0.